The zero-order valence-corrected chi connectivity index (χ0v) is 12.2. The minimum atomic E-state index is -0.565. The van der Waals surface area contributed by atoms with Crippen LogP contribution in [0.15, 0.2) is 30.3 Å². The number of hydrogen-bond acceptors (Lipinski definition) is 5. The predicted octanol–water partition coefficient (Wildman–Crippen LogP) is 2.08. The van der Waals surface area contributed by atoms with Crippen LogP contribution in [0.3, 0.4) is 0 Å². The van der Waals surface area contributed by atoms with Crippen LogP contribution in [-0.4, -0.2) is 25.7 Å². The number of amides is 1. The van der Waals surface area contributed by atoms with Gasteiger partial charge in [-0.1, -0.05) is 6.92 Å². The SMILES string of the molecule is Cc1cc([N+](=O)[O-])nn1C[C@H](C)C(=O)Nc1ccc(O)cc1. The van der Waals surface area contributed by atoms with Gasteiger partial charge in [-0.2, -0.15) is 4.68 Å². The summed E-state index contributed by atoms with van der Waals surface area (Å²) in [5.74, 6) is -0.774. The molecule has 0 aliphatic rings. The molecule has 2 N–H and O–H groups in total. The van der Waals surface area contributed by atoms with Gasteiger partial charge in [0.15, 0.2) is 0 Å². The Balaban J connectivity index is 2.02. The van der Waals surface area contributed by atoms with Gasteiger partial charge in [0.05, 0.1) is 29.3 Å². The van der Waals surface area contributed by atoms with Crippen LogP contribution in [-0.2, 0) is 11.3 Å². The lowest BCUT2D eigenvalue weighted by atomic mass is 10.1. The highest BCUT2D eigenvalue weighted by molar-refractivity contribution is 5.92. The van der Waals surface area contributed by atoms with E-state index in [1.54, 1.807) is 26.0 Å². The standard InChI is InChI=1S/C14H16N4O4/c1-9(8-17-10(2)7-13(16-17)18(21)22)14(20)15-11-3-5-12(19)6-4-11/h3-7,9,19H,8H2,1-2H3,(H,15,20)/t9-/m0/s1. The molecule has 22 heavy (non-hydrogen) atoms. The molecule has 0 spiro atoms. The molecule has 2 aromatic rings. The highest BCUT2D eigenvalue weighted by atomic mass is 16.6. The molecule has 8 heteroatoms. The lowest BCUT2D eigenvalue weighted by Crippen LogP contribution is -2.25. The minimum absolute atomic E-state index is 0.116. The third-order valence-corrected chi connectivity index (χ3v) is 3.18. The number of rotatable bonds is 5. The summed E-state index contributed by atoms with van der Waals surface area (Å²) in [6.07, 6.45) is 0. The Kier molecular flexibility index (Phi) is 4.40. The first-order chi connectivity index (χ1) is 10.4. The van der Waals surface area contributed by atoms with Crippen LogP contribution in [0.4, 0.5) is 11.5 Å². The monoisotopic (exact) mass is 304 g/mol. The van der Waals surface area contributed by atoms with Gasteiger partial charge >= 0.3 is 5.82 Å². The smallest absolute Gasteiger partial charge is 0.390 e. The number of carbonyl (C=O) groups is 1. The second-order valence-electron chi connectivity index (χ2n) is 5.02. The maximum atomic E-state index is 12.1. The van der Waals surface area contributed by atoms with Crippen molar-refractivity contribution in [1.82, 2.24) is 9.78 Å². The predicted molar refractivity (Wildman–Crippen MR) is 79.5 cm³/mol. The number of aromatic hydroxyl groups is 1. The summed E-state index contributed by atoms with van der Waals surface area (Å²) in [5, 5.41) is 26.4. The van der Waals surface area contributed by atoms with E-state index >= 15 is 0 Å². The Morgan fingerprint density at radius 1 is 1.45 bits per heavy atom. The Labute approximate surface area is 126 Å². The molecule has 1 amide bonds. The molecule has 0 saturated carbocycles. The quantitative estimate of drug-likeness (QED) is 0.499. The molecule has 0 aliphatic heterocycles. The molecule has 0 saturated heterocycles. The molecule has 1 aromatic carbocycles. The maximum Gasteiger partial charge on any atom is 0.390 e. The molecule has 8 nitrogen and oxygen atoms in total. The second-order valence-corrected chi connectivity index (χ2v) is 5.02. The summed E-state index contributed by atoms with van der Waals surface area (Å²) < 4.78 is 1.44. The topological polar surface area (TPSA) is 110 Å². The third kappa shape index (κ3) is 3.60. The summed E-state index contributed by atoms with van der Waals surface area (Å²) in [7, 11) is 0. The molecule has 0 radical (unpaired) electrons. The fourth-order valence-electron chi connectivity index (χ4n) is 1.92. The number of hydrogen-bond donors (Lipinski definition) is 2. The molecule has 1 aromatic heterocycles. The molecular formula is C14H16N4O4. The van der Waals surface area contributed by atoms with Gasteiger partial charge in [0.1, 0.15) is 5.75 Å². The van der Waals surface area contributed by atoms with Crippen LogP contribution in [0.1, 0.15) is 12.6 Å². The fourth-order valence-corrected chi connectivity index (χ4v) is 1.92. The summed E-state index contributed by atoms with van der Waals surface area (Å²) in [4.78, 5) is 22.2. The van der Waals surface area contributed by atoms with Gasteiger partial charge in [-0.3, -0.25) is 4.79 Å². The molecule has 0 aliphatic carbocycles. The van der Waals surface area contributed by atoms with Crippen molar-refractivity contribution in [3.05, 3.63) is 46.1 Å². The number of aryl methyl sites for hydroxylation is 1. The van der Waals surface area contributed by atoms with Crippen LogP contribution in [0, 0.1) is 23.0 Å². The number of aromatic nitrogens is 2. The number of nitrogens with zero attached hydrogens (tertiary/aromatic N) is 3. The van der Waals surface area contributed by atoms with E-state index in [4.69, 9.17) is 0 Å². The normalized spacial score (nSPS) is 11.9. The number of benzene rings is 1. The first-order valence-corrected chi connectivity index (χ1v) is 6.65. The fraction of sp³-hybridized carbons (Fsp3) is 0.286. The van der Waals surface area contributed by atoms with E-state index in [0.717, 1.165) is 0 Å². The van der Waals surface area contributed by atoms with E-state index in [1.165, 1.54) is 22.9 Å². The van der Waals surface area contributed by atoms with E-state index in [9.17, 15) is 20.0 Å². The Morgan fingerprint density at radius 3 is 2.64 bits per heavy atom. The molecule has 0 fully saturated rings. The highest BCUT2D eigenvalue weighted by Gasteiger charge is 2.20. The largest absolute Gasteiger partial charge is 0.508 e. The summed E-state index contributed by atoms with van der Waals surface area (Å²) in [6, 6.07) is 7.49. The first kappa shape index (κ1) is 15.5. The van der Waals surface area contributed by atoms with Crippen molar-refractivity contribution < 1.29 is 14.8 Å². The van der Waals surface area contributed by atoms with Gasteiger partial charge in [-0.15, -0.1) is 0 Å². The Bertz CT molecular complexity index is 693. The van der Waals surface area contributed by atoms with Crippen molar-refractivity contribution in [3.8, 4) is 5.75 Å². The van der Waals surface area contributed by atoms with Gasteiger partial charge in [-0.05, 0) is 36.1 Å². The number of anilines is 1. The molecule has 116 valence electrons. The van der Waals surface area contributed by atoms with Crippen molar-refractivity contribution in [2.45, 2.75) is 20.4 Å². The molecule has 1 atom stereocenters. The zero-order valence-electron chi connectivity index (χ0n) is 12.2. The Morgan fingerprint density at radius 2 is 2.09 bits per heavy atom. The van der Waals surface area contributed by atoms with E-state index in [-0.39, 0.29) is 24.0 Å². The van der Waals surface area contributed by atoms with Gasteiger partial charge in [0, 0.05) is 5.69 Å². The van der Waals surface area contributed by atoms with Gasteiger partial charge in [0.2, 0.25) is 5.91 Å². The molecule has 2 rings (SSSR count). The summed E-state index contributed by atoms with van der Waals surface area (Å²) in [6.45, 7) is 3.65. The number of nitrogens with one attached hydrogen (secondary N) is 1. The van der Waals surface area contributed by atoms with Crippen molar-refractivity contribution >= 4 is 17.4 Å². The molecule has 0 unspecified atom stereocenters. The number of carbonyl (C=O) groups excluding carboxylic acids is 1. The average Bonchev–Trinajstić information content (AvgIpc) is 2.83. The van der Waals surface area contributed by atoms with Crippen LogP contribution in [0.25, 0.3) is 0 Å². The number of phenols is 1. The van der Waals surface area contributed by atoms with Crippen molar-refractivity contribution in [1.29, 1.82) is 0 Å². The summed E-state index contributed by atoms with van der Waals surface area (Å²) >= 11 is 0. The number of phenolic OH excluding ortho intramolecular Hbond substituents is 1. The molecular weight excluding hydrogens is 288 g/mol. The second kappa shape index (κ2) is 6.25. The van der Waals surface area contributed by atoms with Gasteiger partial charge in [0.25, 0.3) is 0 Å². The van der Waals surface area contributed by atoms with Crippen molar-refractivity contribution in [3.63, 3.8) is 0 Å². The van der Waals surface area contributed by atoms with E-state index in [0.29, 0.717) is 11.4 Å². The zero-order chi connectivity index (χ0) is 16.3. The Hall–Kier alpha value is -2.90. The van der Waals surface area contributed by atoms with E-state index in [1.807, 2.05) is 0 Å². The molecule has 1 heterocycles. The van der Waals surface area contributed by atoms with E-state index in [2.05, 4.69) is 10.4 Å². The summed E-state index contributed by atoms with van der Waals surface area (Å²) in [5.41, 5.74) is 1.19. The van der Waals surface area contributed by atoms with Crippen LogP contribution < -0.4 is 5.32 Å². The minimum Gasteiger partial charge on any atom is -0.508 e. The van der Waals surface area contributed by atoms with Crippen molar-refractivity contribution in [2.75, 3.05) is 5.32 Å². The first-order valence-electron chi connectivity index (χ1n) is 6.65. The third-order valence-electron chi connectivity index (χ3n) is 3.18. The number of nitro groups is 1. The lowest BCUT2D eigenvalue weighted by molar-refractivity contribution is -0.389. The average molecular weight is 304 g/mol. The van der Waals surface area contributed by atoms with Gasteiger partial charge in [-0.25, -0.2) is 0 Å². The van der Waals surface area contributed by atoms with Crippen LogP contribution >= 0.6 is 0 Å². The lowest BCUT2D eigenvalue weighted by Gasteiger charge is -2.11. The molecule has 0 bridgehead atoms. The highest BCUT2D eigenvalue weighted by Crippen LogP contribution is 2.16. The van der Waals surface area contributed by atoms with Crippen molar-refractivity contribution in [2.24, 2.45) is 5.92 Å². The maximum absolute atomic E-state index is 12.1. The van der Waals surface area contributed by atoms with Crippen LogP contribution in [0.5, 0.6) is 5.75 Å². The van der Waals surface area contributed by atoms with Gasteiger partial charge < -0.3 is 20.5 Å². The van der Waals surface area contributed by atoms with E-state index < -0.39 is 10.8 Å². The van der Waals surface area contributed by atoms with Crippen LogP contribution in [0.2, 0.25) is 0 Å².